The molecule has 1 aliphatic rings. The number of hydrogen-bond donors (Lipinski definition) is 1. The average Bonchev–Trinajstić information content (AvgIpc) is 2.75. The second-order valence-electron chi connectivity index (χ2n) is 6.83. The first-order chi connectivity index (χ1) is 13.7. The molecular formula is C21H35ClN2O5. The van der Waals surface area contributed by atoms with Gasteiger partial charge >= 0.3 is 0 Å². The molecule has 8 heteroatoms. The maximum absolute atomic E-state index is 13.2. The highest BCUT2D eigenvalue weighted by atomic mass is 35.5. The first kappa shape index (κ1) is 25.2. The van der Waals surface area contributed by atoms with Gasteiger partial charge in [-0.3, -0.25) is 4.79 Å². The van der Waals surface area contributed by atoms with Gasteiger partial charge in [0.1, 0.15) is 0 Å². The van der Waals surface area contributed by atoms with E-state index in [1.54, 1.807) is 27.4 Å². The largest absolute Gasteiger partial charge is 0.493 e. The number of halogens is 1. The number of piperazine rings is 1. The summed E-state index contributed by atoms with van der Waals surface area (Å²) in [6.07, 6.45) is 5.65. The molecule has 2 rings (SSSR count). The van der Waals surface area contributed by atoms with Gasteiger partial charge in [-0.25, -0.2) is 0 Å². The van der Waals surface area contributed by atoms with Crippen molar-refractivity contribution in [3.8, 4) is 23.0 Å². The summed E-state index contributed by atoms with van der Waals surface area (Å²) in [7, 11) is 4.64. The van der Waals surface area contributed by atoms with Gasteiger partial charge in [0.2, 0.25) is 11.5 Å². The molecule has 0 saturated carbocycles. The van der Waals surface area contributed by atoms with Gasteiger partial charge < -0.3 is 29.2 Å². The number of benzene rings is 1. The minimum absolute atomic E-state index is 0. The maximum atomic E-state index is 13.2. The van der Waals surface area contributed by atoms with Crippen molar-refractivity contribution >= 4 is 18.3 Å². The average molecular weight is 431 g/mol. The predicted octanol–water partition coefficient (Wildman–Crippen LogP) is 3.53. The minimum atomic E-state index is -0.0817. The van der Waals surface area contributed by atoms with E-state index in [1.165, 1.54) is 19.3 Å². The third-order valence-corrected chi connectivity index (χ3v) is 4.91. The van der Waals surface area contributed by atoms with Crippen molar-refractivity contribution in [3.05, 3.63) is 11.6 Å². The van der Waals surface area contributed by atoms with E-state index in [0.717, 1.165) is 25.9 Å². The van der Waals surface area contributed by atoms with Crippen LogP contribution >= 0.6 is 12.4 Å². The third-order valence-electron chi connectivity index (χ3n) is 4.91. The van der Waals surface area contributed by atoms with Crippen LogP contribution in [0.4, 0.5) is 0 Å². The molecule has 0 unspecified atom stereocenters. The van der Waals surface area contributed by atoms with Gasteiger partial charge in [-0.15, -0.1) is 12.4 Å². The lowest BCUT2D eigenvalue weighted by Crippen LogP contribution is -2.46. The van der Waals surface area contributed by atoms with E-state index in [0.29, 0.717) is 48.3 Å². The van der Waals surface area contributed by atoms with E-state index in [9.17, 15) is 4.79 Å². The van der Waals surface area contributed by atoms with Crippen LogP contribution in [0.2, 0.25) is 0 Å². The Morgan fingerprint density at radius 1 is 0.966 bits per heavy atom. The maximum Gasteiger partial charge on any atom is 0.258 e. The molecule has 29 heavy (non-hydrogen) atoms. The van der Waals surface area contributed by atoms with Gasteiger partial charge in [-0.1, -0.05) is 32.6 Å². The molecular weight excluding hydrogens is 396 g/mol. The summed E-state index contributed by atoms with van der Waals surface area (Å²) in [4.78, 5) is 15.0. The lowest BCUT2D eigenvalue weighted by Gasteiger charge is -2.29. The van der Waals surface area contributed by atoms with Crippen LogP contribution in [0, 0.1) is 0 Å². The van der Waals surface area contributed by atoms with Gasteiger partial charge in [-0.2, -0.15) is 0 Å². The fraction of sp³-hybridized carbons (Fsp3) is 0.667. The number of hydrogen-bond acceptors (Lipinski definition) is 6. The molecule has 1 aromatic rings. The van der Waals surface area contributed by atoms with E-state index >= 15 is 0 Å². The lowest BCUT2D eigenvalue weighted by atomic mass is 10.1. The SMILES string of the molecule is CCCCCCCOc1c(C(=O)N2CCNCC2)cc(OC)c(OC)c1OC.Cl. The minimum Gasteiger partial charge on any atom is -0.493 e. The Hall–Kier alpha value is -1.86. The van der Waals surface area contributed by atoms with Crippen LogP contribution in [-0.4, -0.2) is 64.9 Å². The summed E-state index contributed by atoms with van der Waals surface area (Å²) < 4.78 is 22.6. The summed E-state index contributed by atoms with van der Waals surface area (Å²) in [5, 5.41) is 3.26. The zero-order valence-electron chi connectivity index (χ0n) is 18.0. The number of nitrogens with one attached hydrogen (secondary N) is 1. The van der Waals surface area contributed by atoms with Crippen LogP contribution in [0.15, 0.2) is 6.07 Å². The number of unbranched alkanes of at least 4 members (excludes halogenated alkanes) is 4. The molecule has 1 amide bonds. The smallest absolute Gasteiger partial charge is 0.258 e. The van der Waals surface area contributed by atoms with Crippen molar-refractivity contribution in [1.29, 1.82) is 0 Å². The molecule has 1 heterocycles. The molecule has 166 valence electrons. The van der Waals surface area contributed by atoms with Crippen LogP contribution in [-0.2, 0) is 0 Å². The third kappa shape index (κ3) is 6.57. The number of carbonyl (C=O) groups is 1. The Bertz CT molecular complexity index is 636. The fourth-order valence-corrected chi connectivity index (χ4v) is 3.35. The quantitative estimate of drug-likeness (QED) is 0.541. The standard InChI is InChI=1S/C21H34N2O5.ClH/c1-5-6-7-8-9-14-28-18-16(21(24)23-12-10-22-11-13-23)15-17(25-2)19(26-3)20(18)27-4;/h15,22H,5-14H2,1-4H3;1H. The summed E-state index contributed by atoms with van der Waals surface area (Å²) >= 11 is 0. The molecule has 1 fully saturated rings. The molecule has 0 radical (unpaired) electrons. The number of carbonyl (C=O) groups excluding carboxylic acids is 1. The van der Waals surface area contributed by atoms with E-state index in [4.69, 9.17) is 18.9 Å². The predicted molar refractivity (Wildman–Crippen MR) is 116 cm³/mol. The zero-order chi connectivity index (χ0) is 20.4. The Balaban J connectivity index is 0.00000420. The molecule has 1 saturated heterocycles. The monoisotopic (exact) mass is 430 g/mol. The Morgan fingerprint density at radius 3 is 2.21 bits per heavy atom. The molecule has 0 atom stereocenters. The highest BCUT2D eigenvalue weighted by Gasteiger charge is 2.29. The van der Waals surface area contributed by atoms with Crippen molar-refractivity contribution in [2.24, 2.45) is 0 Å². The molecule has 7 nitrogen and oxygen atoms in total. The Labute approximate surface area is 180 Å². The second kappa shape index (κ2) is 13.4. The van der Waals surface area contributed by atoms with E-state index < -0.39 is 0 Å². The zero-order valence-corrected chi connectivity index (χ0v) is 18.9. The number of ether oxygens (including phenoxy) is 4. The van der Waals surface area contributed by atoms with E-state index in [-0.39, 0.29) is 18.3 Å². The van der Waals surface area contributed by atoms with Gasteiger partial charge in [-0.05, 0) is 6.42 Å². The van der Waals surface area contributed by atoms with Gasteiger partial charge in [0.05, 0.1) is 33.5 Å². The van der Waals surface area contributed by atoms with Crippen molar-refractivity contribution in [2.45, 2.75) is 39.0 Å². The highest BCUT2D eigenvalue weighted by Crippen LogP contribution is 2.47. The molecule has 1 N–H and O–H groups in total. The second-order valence-corrected chi connectivity index (χ2v) is 6.83. The highest BCUT2D eigenvalue weighted by molar-refractivity contribution is 5.99. The molecule has 1 aliphatic heterocycles. The molecule has 0 bridgehead atoms. The first-order valence-corrected chi connectivity index (χ1v) is 10.1. The van der Waals surface area contributed by atoms with Crippen LogP contribution in [0.3, 0.4) is 0 Å². The van der Waals surface area contributed by atoms with E-state index in [2.05, 4.69) is 12.2 Å². The summed E-state index contributed by atoms with van der Waals surface area (Å²) in [5.74, 6) is 1.63. The lowest BCUT2D eigenvalue weighted by molar-refractivity contribution is 0.0729. The molecule has 0 spiro atoms. The summed E-state index contributed by atoms with van der Waals surface area (Å²) in [6.45, 7) is 5.60. The fourth-order valence-electron chi connectivity index (χ4n) is 3.35. The Kier molecular flexibility index (Phi) is 11.6. The van der Waals surface area contributed by atoms with Gasteiger partial charge in [0, 0.05) is 32.2 Å². The first-order valence-electron chi connectivity index (χ1n) is 10.1. The van der Waals surface area contributed by atoms with Crippen molar-refractivity contribution in [3.63, 3.8) is 0 Å². The van der Waals surface area contributed by atoms with E-state index in [1.807, 2.05) is 4.90 Å². The Morgan fingerprint density at radius 2 is 1.62 bits per heavy atom. The summed E-state index contributed by atoms with van der Waals surface area (Å²) in [6, 6.07) is 1.69. The number of rotatable bonds is 11. The number of nitrogens with zero attached hydrogens (tertiary/aromatic N) is 1. The normalized spacial score (nSPS) is 13.4. The van der Waals surface area contributed by atoms with Crippen LogP contribution in [0.1, 0.15) is 49.4 Å². The van der Waals surface area contributed by atoms with Crippen molar-refractivity contribution < 1.29 is 23.7 Å². The van der Waals surface area contributed by atoms with Crippen LogP contribution in [0.25, 0.3) is 0 Å². The topological polar surface area (TPSA) is 69.3 Å². The molecule has 0 aliphatic carbocycles. The number of methoxy groups -OCH3 is 3. The van der Waals surface area contributed by atoms with Crippen LogP contribution < -0.4 is 24.3 Å². The molecule has 0 aromatic heterocycles. The molecule has 1 aromatic carbocycles. The summed E-state index contributed by atoms with van der Waals surface area (Å²) in [5.41, 5.74) is 0.449. The number of amides is 1. The van der Waals surface area contributed by atoms with Gasteiger partial charge in [0.25, 0.3) is 5.91 Å². The van der Waals surface area contributed by atoms with Crippen LogP contribution in [0.5, 0.6) is 23.0 Å². The van der Waals surface area contributed by atoms with Gasteiger partial charge in [0.15, 0.2) is 11.5 Å². The van der Waals surface area contributed by atoms with Crippen molar-refractivity contribution in [2.75, 3.05) is 54.1 Å². The van der Waals surface area contributed by atoms with Crippen molar-refractivity contribution in [1.82, 2.24) is 10.2 Å².